The molecule has 0 bridgehead atoms. The molecule has 6 nitrogen and oxygen atoms in total. The minimum Gasteiger partial charge on any atom is -0.421 e. The predicted octanol–water partition coefficient (Wildman–Crippen LogP) is 1.44. The normalized spacial score (nSPS) is 11.0. The lowest BCUT2D eigenvalue weighted by Crippen LogP contribution is -2.10. The molecular weight excluding hydrogens is 242 g/mol. The van der Waals surface area contributed by atoms with Gasteiger partial charge in [0.1, 0.15) is 5.52 Å². The third kappa shape index (κ3) is 2.30. The summed E-state index contributed by atoms with van der Waals surface area (Å²) < 4.78 is 5.65. The van der Waals surface area contributed by atoms with Crippen LogP contribution in [0.3, 0.4) is 0 Å². The van der Waals surface area contributed by atoms with Crippen molar-refractivity contribution in [2.45, 2.75) is 6.42 Å². The molecule has 1 N–H and O–H groups in total. The summed E-state index contributed by atoms with van der Waals surface area (Å²) in [5.41, 5.74) is 2.40. The number of nitrogens with one attached hydrogen (secondary N) is 1. The van der Waals surface area contributed by atoms with Crippen molar-refractivity contribution >= 4 is 11.0 Å². The topological polar surface area (TPSA) is 76.7 Å². The molecule has 19 heavy (non-hydrogen) atoms. The minimum atomic E-state index is 0.484. The number of nitrogens with zero attached hydrogens (tertiary/aromatic N) is 4. The molecular formula is C13H13N5O. The molecule has 0 radical (unpaired) electrons. The lowest BCUT2D eigenvalue weighted by molar-refractivity contribution is 0.500. The van der Waals surface area contributed by atoms with E-state index in [0.29, 0.717) is 18.2 Å². The van der Waals surface area contributed by atoms with E-state index in [0.717, 1.165) is 23.1 Å². The van der Waals surface area contributed by atoms with Crippen LogP contribution < -0.4 is 5.32 Å². The van der Waals surface area contributed by atoms with Crippen molar-refractivity contribution in [1.29, 1.82) is 0 Å². The molecule has 0 atom stereocenters. The van der Waals surface area contributed by atoms with Gasteiger partial charge in [0.25, 0.3) is 0 Å². The highest BCUT2D eigenvalue weighted by molar-refractivity contribution is 5.88. The van der Waals surface area contributed by atoms with Gasteiger partial charge >= 0.3 is 0 Å². The highest BCUT2D eigenvalue weighted by Gasteiger charge is 2.12. The first kappa shape index (κ1) is 11.7. The van der Waals surface area contributed by atoms with Gasteiger partial charge in [0.05, 0.1) is 11.1 Å². The van der Waals surface area contributed by atoms with E-state index < -0.39 is 0 Å². The second-order valence-electron chi connectivity index (χ2n) is 4.08. The van der Waals surface area contributed by atoms with E-state index in [-0.39, 0.29) is 0 Å². The molecule has 0 spiro atoms. The Balaban J connectivity index is 2.02. The van der Waals surface area contributed by atoms with Crippen molar-refractivity contribution in [3.8, 4) is 11.5 Å². The minimum absolute atomic E-state index is 0.484. The van der Waals surface area contributed by atoms with Crippen LogP contribution in [0.15, 0.2) is 35.0 Å². The smallest absolute Gasteiger partial charge is 0.249 e. The SMILES string of the molecule is CNCCc1nnc(-c2cccc3nccnc23)o1. The zero-order chi connectivity index (χ0) is 13.1. The summed E-state index contributed by atoms with van der Waals surface area (Å²) in [7, 11) is 1.89. The molecule has 6 heteroatoms. The van der Waals surface area contributed by atoms with Crippen LogP contribution in [0.25, 0.3) is 22.5 Å². The zero-order valence-corrected chi connectivity index (χ0v) is 10.5. The Morgan fingerprint density at radius 1 is 1.16 bits per heavy atom. The van der Waals surface area contributed by atoms with Gasteiger partial charge in [-0.1, -0.05) is 6.07 Å². The number of aromatic nitrogens is 4. The molecule has 0 amide bonds. The molecule has 3 aromatic rings. The van der Waals surface area contributed by atoms with Gasteiger partial charge in [0.2, 0.25) is 11.8 Å². The van der Waals surface area contributed by atoms with Crippen LogP contribution in [0.4, 0.5) is 0 Å². The molecule has 0 fully saturated rings. The van der Waals surface area contributed by atoms with E-state index in [2.05, 4.69) is 25.5 Å². The summed E-state index contributed by atoms with van der Waals surface area (Å²) in [4.78, 5) is 8.59. The Bertz CT molecular complexity index is 689. The van der Waals surface area contributed by atoms with Gasteiger partial charge in [-0.05, 0) is 19.2 Å². The van der Waals surface area contributed by atoms with Crippen LogP contribution in [0, 0.1) is 0 Å². The van der Waals surface area contributed by atoms with Crippen molar-refractivity contribution in [1.82, 2.24) is 25.5 Å². The average molecular weight is 255 g/mol. The van der Waals surface area contributed by atoms with Crippen LogP contribution in [-0.2, 0) is 6.42 Å². The van der Waals surface area contributed by atoms with E-state index in [1.165, 1.54) is 0 Å². The number of hydrogen-bond acceptors (Lipinski definition) is 6. The summed E-state index contributed by atoms with van der Waals surface area (Å²) in [6.07, 6.45) is 4.03. The summed E-state index contributed by atoms with van der Waals surface area (Å²) >= 11 is 0. The largest absolute Gasteiger partial charge is 0.421 e. The molecule has 0 aliphatic carbocycles. The first-order valence-corrected chi connectivity index (χ1v) is 6.05. The second-order valence-corrected chi connectivity index (χ2v) is 4.08. The second kappa shape index (κ2) is 5.11. The van der Waals surface area contributed by atoms with Crippen LogP contribution in [0.5, 0.6) is 0 Å². The van der Waals surface area contributed by atoms with Crippen molar-refractivity contribution in [3.63, 3.8) is 0 Å². The number of rotatable bonds is 4. The van der Waals surface area contributed by atoms with E-state index in [9.17, 15) is 0 Å². The van der Waals surface area contributed by atoms with Gasteiger partial charge in [0.15, 0.2) is 0 Å². The molecule has 0 saturated heterocycles. The first-order chi connectivity index (χ1) is 9.38. The van der Waals surface area contributed by atoms with Gasteiger partial charge in [-0.15, -0.1) is 10.2 Å². The molecule has 0 aliphatic heterocycles. The Labute approximate surface area is 109 Å². The lowest BCUT2D eigenvalue weighted by Gasteiger charge is -1.99. The maximum Gasteiger partial charge on any atom is 0.249 e. The first-order valence-electron chi connectivity index (χ1n) is 6.05. The molecule has 2 heterocycles. The standard InChI is InChI=1S/C13H13N5O/c1-14-6-5-11-17-18-13(19-11)9-3-2-4-10-12(9)16-8-7-15-10/h2-4,7-8,14H,5-6H2,1H3. The van der Waals surface area contributed by atoms with Crippen molar-refractivity contribution in [2.24, 2.45) is 0 Å². The summed E-state index contributed by atoms with van der Waals surface area (Å²) in [5, 5.41) is 11.2. The van der Waals surface area contributed by atoms with E-state index in [4.69, 9.17) is 4.42 Å². The zero-order valence-electron chi connectivity index (χ0n) is 10.5. The average Bonchev–Trinajstić information content (AvgIpc) is 2.93. The predicted molar refractivity (Wildman–Crippen MR) is 70.5 cm³/mol. The Morgan fingerprint density at radius 2 is 2.05 bits per heavy atom. The monoisotopic (exact) mass is 255 g/mol. The number of hydrogen-bond donors (Lipinski definition) is 1. The van der Waals surface area contributed by atoms with E-state index in [1.807, 2.05) is 25.2 Å². The van der Waals surface area contributed by atoms with Gasteiger partial charge in [0, 0.05) is 25.4 Å². The number of benzene rings is 1. The van der Waals surface area contributed by atoms with Crippen LogP contribution in [-0.4, -0.2) is 33.8 Å². The Morgan fingerprint density at radius 3 is 2.95 bits per heavy atom. The highest BCUT2D eigenvalue weighted by atomic mass is 16.4. The molecule has 0 unspecified atom stereocenters. The van der Waals surface area contributed by atoms with Gasteiger partial charge in [-0.2, -0.15) is 0 Å². The third-order valence-corrected chi connectivity index (χ3v) is 2.78. The number of likely N-dealkylation sites (N-methyl/N-ethyl adjacent to an activating group) is 1. The fourth-order valence-corrected chi connectivity index (χ4v) is 1.86. The van der Waals surface area contributed by atoms with Crippen molar-refractivity contribution in [3.05, 3.63) is 36.5 Å². The van der Waals surface area contributed by atoms with Crippen molar-refractivity contribution < 1.29 is 4.42 Å². The quantitative estimate of drug-likeness (QED) is 0.760. The van der Waals surface area contributed by atoms with Gasteiger partial charge in [-0.3, -0.25) is 9.97 Å². The van der Waals surface area contributed by atoms with Crippen molar-refractivity contribution in [2.75, 3.05) is 13.6 Å². The van der Waals surface area contributed by atoms with Crippen LogP contribution in [0.1, 0.15) is 5.89 Å². The maximum absolute atomic E-state index is 5.65. The molecule has 0 aliphatic rings. The fraction of sp³-hybridized carbons (Fsp3) is 0.231. The Kier molecular flexibility index (Phi) is 3.16. The van der Waals surface area contributed by atoms with E-state index >= 15 is 0 Å². The highest BCUT2D eigenvalue weighted by Crippen LogP contribution is 2.24. The van der Waals surface area contributed by atoms with Crippen LogP contribution in [0.2, 0.25) is 0 Å². The fourth-order valence-electron chi connectivity index (χ4n) is 1.86. The lowest BCUT2D eigenvalue weighted by atomic mass is 10.2. The molecule has 0 saturated carbocycles. The third-order valence-electron chi connectivity index (χ3n) is 2.78. The van der Waals surface area contributed by atoms with E-state index in [1.54, 1.807) is 12.4 Å². The van der Waals surface area contributed by atoms with Gasteiger partial charge < -0.3 is 9.73 Å². The Hall–Kier alpha value is -2.34. The number of fused-ring (bicyclic) bond motifs is 1. The summed E-state index contributed by atoms with van der Waals surface area (Å²) in [6.45, 7) is 0.803. The molecule has 96 valence electrons. The summed E-state index contributed by atoms with van der Waals surface area (Å²) in [6, 6.07) is 5.72. The van der Waals surface area contributed by atoms with Gasteiger partial charge in [-0.25, -0.2) is 0 Å². The maximum atomic E-state index is 5.65. The number of para-hydroxylation sites is 1. The van der Waals surface area contributed by atoms with Crippen LogP contribution >= 0.6 is 0 Å². The molecule has 3 rings (SSSR count). The summed E-state index contributed by atoms with van der Waals surface area (Å²) in [5.74, 6) is 1.10. The molecule has 2 aromatic heterocycles. The molecule has 1 aromatic carbocycles.